The fraction of sp³-hybridized carbons (Fsp3) is 0.769. The van der Waals surface area contributed by atoms with Crippen LogP contribution in [0.4, 0.5) is 5.13 Å². The van der Waals surface area contributed by atoms with Crippen molar-refractivity contribution in [3.8, 4) is 0 Å². The van der Waals surface area contributed by atoms with Crippen molar-refractivity contribution in [2.45, 2.75) is 38.6 Å². The van der Waals surface area contributed by atoms with Crippen molar-refractivity contribution < 1.29 is 0 Å². The minimum Gasteiger partial charge on any atom is -0.351 e. The van der Waals surface area contributed by atoms with E-state index in [0.717, 1.165) is 31.2 Å². The number of anilines is 1. The third-order valence-electron chi connectivity index (χ3n) is 4.09. The lowest BCUT2D eigenvalue weighted by atomic mass is 9.99. The van der Waals surface area contributed by atoms with Crippen molar-refractivity contribution in [1.82, 2.24) is 4.98 Å². The van der Waals surface area contributed by atoms with E-state index in [-0.39, 0.29) is 6.04 Å². The Labute approximate surface area is 107 Å². The van der Waals surface area contributed by atoms with Crippen molar-refractivity contribution in [3.05, 3.63) is 10.6 Å². The van der Waals surface area contributed by atoms with Gasteiger partial charge in [-0.2, -0.15) is 0 Å². The lowest BCUT2D eigenvalue weighted by Crippen LogP contribution is -2.20. The van der Waals surface area contributed by atoms with Gasteiger partial charge in [0, 0.05) is 24.5 Å². The van der Waals surface area contributed by atoms with E-state index < -0.39 is 0 Å². The molecule has 17 heavy (non-hydrogen) atoms. The standard InChI is InChI=1S/C13H21N3S/c1-8-6-9(8)7-16(2)13-15-11-5-3-4-10(14)12(11)17-13/h8-10H,3-7,14H2,1-2H3. The van der Waals surface area contributed by atoms with Crippen LogP contribution in [0.5, 0.6) is 0 Å². The summed E-state index contributed by atoms with van der Waals surface area (Å²) in [7, 11) is 2.17. The van der Waals surface area contributed by atoms with Crippen LogP contribution in [0.3, 0.4) is 0 Å². The first-order valence-corrected chi connectivity index (χ1v) is 7.43. The number of aromatic nitrogens is 1. The molecule has 4 heteroatoms. The zero-order valence-corrected chi connectivity index (χ0v) is 11.5. The maximum Gasteiger partial charge on any atom is 0.185 e. The van der Waals surface area contributed by atoms with E-state index in [1.807, 2.05) is 11.3 Å². The lowest BCUT2D eigenvalue weighted by Gasteiger charge is -2.15. The highest BCUT2D eigenvalue weighted by Gasteiger charge is 2.34. The first kappa shape index (κ1) is 11.5. The third-order valence-corrected chi connectivity index (χ3v) is 5.44. The second-order valence-electron chi connectivity index (χ2n) is 5.66. The molecule has 3 atom stereocenters. The SMILES string of the molecule is CC1CC1CN(C)c1nc2c(s1)C(N)CCC2. The molecule has 1 aromatic heterocycles. The first-order valence-electron chi connectivity index (χ1n) is 6.61. The molecule has 1 fully saturated rings. The average molecular weight is 251 g/mol. The van der Waals surface area contributed by atoms with E-state index in [0.29, 0.717) is 0 Å². The molecule has 2 aliphatic rings. The number of hydrogen-bond donors (Lipinski definition) is 1. The summed E-state index contributed by atoms with van der Waals surface area (Å²) < 4.78 is 0. The molecule has 1 heterocycles. The smallest absolute Gasteiger partial charge is 0.185 e. The van der Waals surface area contributed by atoms with E-state index in [1.165, 1.54) is 28.5 Å². The zero-order chi connectivity index (χ0) is 12.0. The normalized spacial score (nSPS) is 31.1. The van der Waals surface area contributed by atoms with Gasteiger partial charge in [0.2, 0.25) is 0 Å². The van der Waals surface area contributed by atoms with Crippen molar-refractivity contribution >= 4 is 16.5 Å². The van der Waals surface area contributed by atoms with Crippen LogP contribution in [0.1, 0.15) is 42.8 Å². The molecule has 94 valence electrons. The molecule has 0 aliphatic heterocycles. The maximum atomic E-state index is 6.15. The predicted octanol–water partition coefficient (Wildman–Crippen LogP) is 2.57. The summed E-state index contributed by atoms with van der Waals surface area (Å²) >= 11 is 1.81. The summed E-state index contributed by atoms with van der Waals surface area (Å²) in [6.45, 7) is 3.49. The van der Waals surface area contributed by atoms with E-state index in [9.17, 15) is 0 Å². The molecular weight excluding hydrogens is 230 g/mol. The van der Waals surface area contributed by atoms with Gasteiger partial charge in [0.1, 0.15) is 0 Å². The molecule has 0 saturated heterocycles. The Kier molecular flexibility index (Phi) is 2.87. The third kappa shape index (κ3) is 2.20. The molecule has 0 bridgehead atoms. The molecule has 0 aromatic carbocycles. The molecule has 2 aliphatic carbocycles. The van der Waals surface area contributed by atoms with Crippen molar-refractivity contribution in [3.63, 3.8) is 0 Å². The van der Waals surface area contributed by atoms with Crippen molar-refractivity contribution in [1.29, 1.82) is 0 Å². The average Bonchev–Trinajstić information content (AvgIpc) is 2.81. The Morgan fingerprint density at radius 3 is 2.94 bits per heavy atom. The van der Waals surface area contributed by atoms with E-state index in [1.54, 1.807) is 0 Å². The predicted molar refractivity (Wildman–Crippen MR) is 72.5 cm³/mol. The Hall–Kier alpha value is -0.610. The van der Waals surface area contributed by atoms with Crippen molar-refractivity contribution in [2.75, 3.05) is 18.5 Å². The molecule has 2 N–H and O–H groups in total. The molecule has 0 radical (unpaired) electrons. The molecule has 3 nitrogen and oxygen atoms in total. The molecular formula is C13H21N3S. The van der Waals surface area contributed by atoms with Crippen LogP contribution in [0, 0.1) is 11.8 Å². The zero-order valence-electron chi connectivity index (χ0n) is 10.6. The molecule has 0 spiro atoms. The number of aryl methyl sites for hydroxylation is 1. The fourth-order valence-corrected chi connectivity index (χ4v) is 3.80. The largest absolute Gasteiger partial charge is 0.351 e. The number of fused-ring (bicyclic) bond motifs is 1. The molecule has 1 aromatic rings. The van der Waals surface area contributed by atoms with Gasteiger partial charge < -0.3 is 10.6 Å². The van der Waals surface area contributed by atoms with Crippen LogP contribution in [0.15, 0.2) is 0 Å². The second kappa shape index (κ2) is 4.25. The highest BCUT2D eigenvalue weighted by Crippen LogP contribution is 2.40. The second-order valence-corrected chi connectivity index (χ2v) is 6.67. The van der Waals surface area contributed by atoms with E-state index in [2.05, 4.69) is 18.9 Å². The lowest BCUT2D eigenvalue weighted by molar-refractivity contribution is 0.573. The van der Waals surface area contributed by atoms with Gasteiger partial charge in [-0.1, -0.05) is 6.92 Å². The topological polar surface area (TPSA) is 42.2 Å². The number of hydrogen-bond acceptors (Lipinski definition) is 4. The summed E-state index contributed by atoms with van der Waals surface area (Å²) in [4.78, 5) is 8.43. The molecule has 3 rings (SSSR count). The van der Waals surface area contributed by atoms with Crippen LogP contribution in [0.25, 0.3) is 0 Å². The van der Waals surface area contributed by atoms with E-state index >= 15 is 0 Å². The summed E-state index contributed by atoms with van der Waals surface area (Å²) in [5.74, 6) is 1.80. The van der Waals surface area contributed by atoms with Gasteiger partial charge >= 0.3 is 0 Å². The first-order chi connectivity index (χ1) is 8.15. The summed E-state index contributed by atoms with van der Waals surface area (Å²) in [6, 6.07) is 0.234. The minimum absolute atomic E-state index is 0.234. The summed E-state index contributed by atoms with van der Waals surface area (Å²) in [6.07, 6.45) is 4.82. The summed E-state index contributed by atoms with van der Waals surface area (Å²) in [5.41, 5.74) is 7.41. The Morgan fingerprint density at radius 1 is 1.53 bits per heavy atom. The Bertz CT molecular complexity index is 415. The molecule has 3 unspecified atom stereocenters. The number of thiazole rings is 1. The summed E-state index contributed by atoms with van der Waals surface area (Å²) in [5, 5.41) is 1.17. The fourth-order valence-electron chi connectivity index (χ4n) is 2.69. The number of nitrogens with zero attached hydrogens (tertiary/aromatic N) is 2. The Balaban J connectivity index is 1.74. The molecule has 0 amide bonds. The quantitative estimate of drug-likeness (QED) is 0.898. The van der Waals surface area contributed by atoms with Gasteiger partial charge in [-0.05, 0) is 37.5 Å². The molecule has 1 saturated carbocycles. The van der Waals surface area contributed by atoms with Crippen LogP contribution in [-0.4, -0.2) is 18.6 Å². The van der Waals surface area contributed by atoms with Crippen LogP contribution >= 0.6 is 11.3 Å². The van der Waals surface area contributed by atoms with Crippen LogP contribution in [-0.2, 0) is 6.42 Å². The van der Waals surface area contributed by atoms with Gasteiger partial charge in [-0.3, -0.25) is 0 Å². The Morgan fingerprint density at radius 2 is 2.29 bits per heavy atom. The van der Waals surface area contributed by atoms with Crippen LogP contribution < -0.4 is 10.6 Å². The van der Waals surface area contributed by atoms with Gasteiger partial charge in [0.05, 0.1) is 5.69 Å². The highest BCUT2D eigenvalue weighted by atomic mass is 32.1. The van der Waals surface area contributed by atoms with E-state index in [4.69, 9.17) is 10.7 Å². The van der Waals surface area contributed by atoms with Gasteiger partial charge in [0.25, 0.3) is 0 Å². The van der Waals surface area contributed by atoms with Gasteiger partial charge in [-0.15, -0.1) is 11.3 Å². The minimum atomic E-state index is 0.234. The number of rotatable bonds is 3. The number of nitrogens with two attached hydrogens (primary N) is 1. The van der Waals surface area contributed by atoms with Crippen LogP contribution in [0.2, 0.25) is 0 Å². The van der Waals surface area contributed by atoms with Gasteiger partial charge in [-0.25, -0.2) is 4.98 Å². The van der Waals surface area contributed by atoms with Gasteiger partial charge in [0.15, 0.2) is 5.13 Å². The van der Waals surface area contributed by atoms with Crippen molar-refractivity contribution in [2.24, 2.45) is 17.6 Å². The monoisotopic (exact) mass is 251 g/mol. The highest BCUT2D eigenvalue weighted by molar-refractivity contribution is 7.15. The maximum absolute atomic E-state index is 6.15.